The van der Waals surface area contributed by atoms with Gasteiger partial charge >= 0.3 is 0 Å². The van der Waals surface area contributed by atoms with Crippen LogP contribution in [0.2, 0.25) is 0 Å². The first kappa shape index (κ1) is 14.1. The van der Waals surface area contributed by atoms with Crippen molar-refractivity contribution in [1.29, 1.82) is 0 Å². The van der Waals surface area contributed by atoms with E-state index in [0.717, 1.165) is 27.7 Å². The molecule has 2 aromatic heterocycles. The van der Waals surface area contributed by atoms with Gasteiger partial charge in [-0.2, -0.15) is 0 Å². The van der Waals surface area contributed by atoms with E-state index in [-0.39, 0.29) is 11.9 Å². The molecule has 22 heavy (non-hydrogen) atoms. The monoisotopic (exact) mass is 294 g/mol. The molecule has 0 saturated carbocycles. The first-order valence-corrected chi connectivity index (χ1v) is 7.15. The number of anilines is 1. The lowest BCUT2D eigenvalue weighted by atomic mass is 10.00. The fourth-order valence-corrected chi connectivity index (χ4v) is 2.64. The van der Waals surface area contributed by atoms with E-state index in [1.165, 1.54) is 6.92 Å². The molecule has 5 nitrogen and oxygen atoms in total. The molecule has 0 spiro atoms. The van der Waals surface area contributed by atoms with Crippen LogP contribution in [0.5, 0.6) is 0 Å². The maximum Gasteiger partial charge on any atom is 0.217 e. The third-order valence-electron chi connectivity index (χ3n) is 3.69. The minimum atomic E-state index is -0.0347. The number of benzene rings is 1. The predicted molar refractivity (Wildman–Crippen MR) is 88.2 cm³/mol. The molecule has 1 aromatic carbocycles. The quantitative estimate of drug-likeness (QED) is 0.694. The summed E-state index contributed by atoms with van der Waals surface area (Å²) in [6.45, 7) is 3.48. The van der Waals surface area contributed by atoms with E-state index in [9.17, 15) is 4.79 Å². The highest BCUT2D eigenvalue weighted by Gasteiger charge is 2.10. The summed E-state index contributed by atoms with van der Waals surface area (Å²) in [6.07, 6.45) is 1.85. The van der Waals surface area contributed by atoms with Crippen LogP contribution >= 0.6 is 0 Å². The summed E-state index contributed by atoms with van der Waals surface area (Å²) in [6, 6.07) is 12.0. The molecule has 1 unspecified atom stereocenters. The first-order chi connectivity index (χ1) is 10.5. The molecule has 0 aliphatic rings. The number of rotatable bonds is 3. The van der Waals surface area contributed by atoms with Gasteiger partial charge in [0.15, 0.2) is 0 Å². The van der Waals surface area contributed by atoms with Crippen LogP contribution in [0.25, 0.3) is 22.2 Å². The molecule has 2 heterocycles. The molecule has 0 fully saturated rings. The molecular formula is C17H18N4O. The number of carbonyl (C=O) groups excluding carboxylic acids is 1. The number of aromatic nitrogens is 2. The second kappa shape index (κ2) is 5.52. The molecular weight excluding hydrogens is 276 g/mol. The van der Waals surface area contributed by atoms with Crippen molar-refractivity contribution >= 4 is 22.8 Å². The van der Waals surface area contributed by atoms with E-state index in [0.29, 0.717) is 5.82 Å². The number of pyridine rings is 1. The highest BCUT2D eigenvalue weighted by Crippen LogP contribution is 2.29. The van der Waals surface area contributed by atoms with Crippen LogP contribution < -0.4 is 11.1 Å². The molecule has 0 bridgehead atoms. The molecule has 3 rings (SSSR count). The number of nitrogen functional groups attached to an aromatic ring is 1. The molecule has 1 atom stereocenters. The molecule has 3 aromatic rings. The van der Waals surface area contributed by atoms with Crippen LogP contribution in [0, 0.1) is 0 Å². The zero-order chi connectivity index (χ0) is 15.7. The molecule has 4 N–H and O–H groups in total. The number of amides is 1. The van der Waals surface area contributed by atoms with Crippen molar-refractivity contribution in [1.82, 2.24) is 15.3 Å². The lowest BCUT2D eigenvalue weighted by Gasteiger charge is -2.13. The maximum atomic E-state index is 11.1. The fraction of sp³-hybridized carbons (Fsp3) is 0.176. The van der Waals surface area contributed by atoms with Crippen molar-refractivity contribution in [3.63, 3.8) is 0 Å². The summed E-state index contributed by atoms with van der Waals surface area (Å²) >= 11 is 0. The maximum absolute atomic E-state index is 11.1. The number of hydrogen-bond donors (Lipinski definition) is 3. The van der Waals surface area contributed by atoms with E-state index in [1.54, 1.807) is 0 Å². The molecule has 5 heteroatoms. The van der Waals surface area contributed by atoms with E-state index in [2.05, 4.69) is 15.3 Å². The van der Waals surface area contributed by atoms with Gasteiger partial charge in [-0.1, -0.05) is 24.3 Å². The van der Waals surface area contributed by atoms with Crippen LogP contribution in [-0.4, -0.2) is 15.9 Å². The van der Waals surface area contributed by atoms with Gasteiger partial charge in [0, 0.05) is 18.5 Å². The molecule has 1 amide bonds. The summed E-state index contributed by atoms with van der Waals surface area (Å²) < 4.78 is 0. The standard InChI is InChI=1S/C17H18N4O/c1-10(20-11(2)22)12-3-5-13(6-4-12)15-9-16(18)21-17-14(15)7-8-19-17/h3-10H,1-2H3,(H,20,22)(H3,18,19,21). The van der Waals surface area contributed by atoms with Gasteiger partial charge < -0.3 is 16.0 Å². The zero-order valence-electron chi connectivity index (χ0n) is 12.6. The second-order valence-corrected chi connectivity index (χ2v) is 5.38. The Labute approximate surface area is 128 Å². The van der Waals surface area contributed by atoms with Gasteiger partial charge in [-0.15, -0.1) is 0 Å². The number of nitrogens with two attached hydrogens (primary N) is 1. The normalized spacial score (nSPS) is 12.3. The van der Waals surface area contributed by atoms with Crippen LogP contribution in [0.1, 0.15) is 25.5 Å². The summed E-state index contributed by atoms with van der Waals surface area (Å²) in [5.74, 6) is 0.452. The van der Waals surface area contributed by atoms with E-state index in [4.69, 9.17) is 5.73 Å². The third-order valence-corrected chi connectivity index (χ3v) is 3.69. The highest BCUT2D eigenvalue weighted by atomic mass is 16.1. The van der Waals surface area contributed by atoms with Gasteiger partial charge in [-0.25, -0.2) is 4.98 Å². The second-order valence-electron chi connectivity index (χ2n) is 5.38. The Balaban J connectivity index is 1.98. The average molecular weight is 294 g/mol. The summed E-state index contributed by atoms with van der Waals surface area (Å²) in [7, 11) is 0. The Hall–Kier alpha value is -2.82. The molecule has 0 aliphatic heterocycles. The summed E-state index contributed by atoms with van der Waals surface area (Å²) in [4.78, 5) is 18.5. The SMILES string of the molecule is CC(=O)NC(C)c1ccc(-c2cc(N)nc3[nH]ccc23)cc1. The van der Waals surface area contributed by atoms with Crippen molar-refractivity contribution in [2.75, 3.05) is 5.73 Å². The minimum Gasteiger partial charge on any atom is -0.384 e. The number of H-pyrrole nitrogens is 1. The van der Waals surface area contributed by atoms with Crippen molar-refractivity contribution in [2.24, 2.45) is 0 Å². The Morgan fingerprint density at radius 2 is 2.00 bits per heavy atom. The van der Waals surface area contributed by atoms with E-state index in [1.807, 2.05) is 49.5 Å². The third kappa shape index (κ3) is 2.65. The number of nitrogens with one attached hydrogen (secondary N) is 2. The van der Waals surface area contributed by atoms with Crippen LogP contribution in [0.3, 0.4) is 0 Å². The molecule has 0 radical (unpaired) electrons. The lowest BCUT2D eigenvalue weighted by molar-refractivity contribution is -0.119. The molecule has 0 aliphatic carbocycles. The molecule has 112 valence electrons. The van der Waals surface area contributed by atoms with Gasteiger partial charge in [0.05, 0.1) is 6.04 Å². The Morgan fingerprint density at radius 3 is 2.68 bits per heavy atom. The van der Waals surface area contributed by atoms with E-state index < -0.39 is 0 Å². The Morgan fingerprint density at radius 1 is 1.27 bits per heavy atom. The number of fused-ring (bicyclic) bond motifs is 1. The van der Waals surface area contributed by atoms with Crippen LogP contribution in [-0.2, 0) is 4.79 Å². The summed E-state index contributed by atoms with van der Waals surface area (Å²) in [5, 5.41) is 3.92. The lowest BCUT2D eigenvalue weighted by Crippen LogP contribution is -2.23. The number of nitrogens with zero attached hydrogens (tertiary/aromatic N) is 1. The Kier molecular flexibility index (Phi) is 3.55. The number of hydrogen-bond acceptors (Lipinski definition) is 3. The largest absolute Gasteiger partial charge is 0.384 e. The number of aromatic amines is 1. The fourth-order valence-electron chi connectivity index (χ4n) is 2.64. The summed E-state index contributed by atoms with van der Waals surface area (Å²) in [5.41, 5.74) is 9.83. The molecule has 0 saturated heterocycles. The minimum absolute atomic E-state index is 0.0127. The van der Waals surface area contributed by atoms with Gasteiger partial charge in [0.2, 0.25) is 5.91 Å². The zero-order valence-corrected chi connectivity index (χ0v) is 12.6. The first-order valence-electron chi connectivity index (χ1n) is 7.15. The highest BCUT2D eigenvalue weighted by molar-refractivity contribution is 5.94. The van der Waals surface area contributed by atoms with Crippen molar-refractivity contribution < 1.29 is 4.79 Å². The van der Waals surface area contributed by atoms with Gasteiger partial charge in [-0.3, -0.25) is 4.79 Å². The number of carbonyl (C=O) groups is 1. The Bertz CT molecular complexity index is 820. The van der Waals surface area contributed by atoms with Crippen molar-refractivity contribution in [3.05, 3.63) is 48.2 Å². The predicted octanol–water partition coefficient (Wildman–Crippen LogP) is 3.01. The van der Waals surface area contributed by atoms with Gasteiger partial charge in [0.25, 0.3) is 0 Å². The van der Waals surface area contributed by atoms with Crippen molar-refractivity contribution in [2.45, 2.75) is 19.9 Å². The smallest absolute Gasteiger partial charge is 0.217 e. The topological polar surface area (TPSA) is 83.8 Å². The van der Waals surface area contributed by atoms with Crippen molar-refractivity contribution in [3.8, 4) is 11.1 Å². The van der Waals surface area contributed by atoms with Gasteiger partial charge in [-0.05, 0) is 35.7 Å². The van der Waals surface area contributed by atoms with Gasteiger partial charge in [0.1, 0.15) is 11.5 Å². The average Bonchev–Trinajstić information content (AvgIpc) is 2.94. The van der Waals surface area contributed by atoms with E-state index >= 15 is 0 Å². The van der Waals surface area contributed by atoms with Crippen LogP contribution in [0.15, 0.2) is 42.6 Å². The van der Waals surface area contributed by atoms with Crippen LogP contribution in [0.4, 0.5) is 5.82 Å².